The van der Waals surface area contributed by atoms with Crippen LogP contribution in [0.4, 0.5) is 4.79 Å². The van der Waals surface area contributed by atoms with Crippen LogP contribution in [0.15, 0.2) is 47.0 Å². The van der Waals surface area contributed by atoms with Gasteiger partial charge in [-0.15, -0.1) is 16.8 Å². The number of sulfonamides is 1. The van der Waals surface area contributed by atoms with Crippen LogP contribution in [0.3, 0.4) is 0 Å². The normalized spacial score (nSPS) is 12.5. The lowest BCUT2D eigenvalue weighted by Gasteiger charge is -2.18. The standard InChI is InChI=1S/C19H26N6O4S2/c1-5-11-25-16(22-23-19(25)30-13(4)17(26)21-18(20)27)14-9-8-10-15(12-14)31(28,29)24(6-2)7-3/h5,8-10,12-13H,1,6-7,11H2,2-4H3,(H3,20,21,26,27)/t13-/m0/s1. The molecule has 2 aromatic rings. The van der Waals surface area contributed by atoms with Crippen LogP contribution in [-0.4, -0.2) is 57.8 Å². The third kappa shape index (κ3) is 5.71. The van der Waals surface area contributed by atoms with Crippen molar-refractivity contribution in [2.45, 2.75) is 42.6 Å². The smallest absolute Gasteiger partial charge is 0.318 e. The van der Waals surface area contributed by atoms with E-state index in [4.69, 9.17) is 5.73 Å². The Kier molecular flexibility index (Phi) is 8.36. The molecule has 168 valence electrons. The molecule has 1 heterocycles. The van der Waals surface area contributed by atoms with Gasteiger partial charge in [0, 0.05) is 25.2 Å². The van der Waals surface area contributed by atoms with Gasteiger partial charge in [0.1, 0.15) is 0 Å². The molecule has 1 aromatic carbocycles. The first kappa shape index (κ1) is 24.6. The number of nitrogens with two attached hydrogens (primary N) is 1. The number of carbonyl (C=O) groups is 2. The largest absolute Gasteiger partial charge is 0.351 e. The number of imide groups is 1. The predicted molar refractivity (Wildman–Crippen MR) is 119 cm³/mol. The number of hydrogen-bond donors (Lipinski definition) is 2. The van der Waals surface area contributed by atoms with Crippen molar-refractivity contribution in [1.82, 2.24) is 24.4 Å². The van der Waals surface area contributed by atoms with Crippen molar-refractivity contribution < 1.29 is 18.0 Å². The van der Waals surface area contributed by atoms with E-state index in [0.717, 1.165) is 11.8 Å². The van der Waals surface area contributed by atoms with E-state index in [1.165, 1.54) is 10.4 Å². The first-order valence-electron chi connectivity index (χ1n) is 9.57. The summed E-state index contributed by atoms with van der Waals surface area (Å²) >= 11 is 1.09. The average Bonchev–Trinajstić information content (AvgIpc) is 3.11. The molecule has 0 aliphatic carbocycles. The first-order valence-corrected chi connectivity index (χ1v) is 11.9. The van der Waals surface area contributed by atoms with E-state index >= 15 is 0 Å². The summed E-state index contributed by atoms with van der Waals surface area (Å²) in [6.45, 7) is 9.97. The predicted octanol–water partition coefficient (Wildman–Crippen LogP) is 1.84. The lowest BCUT2D eigenvalue weighted by atomic mass is 10.2. The van der Waals surface area contributed by atoms with E-state index < -0.39 is 27.2 Å². The number of amides is 3. The van der Waals surface area contributed by atoms with Crippen LogP contribution in [0, 0.1) is 0 Å². The molecule has 0 bridgehead atoms. The highest BCUT2D eigenvalue weighted by Gasteiger charge is 2.24. The van der Waals surface area contributed by atoms with E-state index in [1.54, 1.807) is 49.6 Å². The van der Waals surface area contributed by atoms with E-state index in [1.807, 2.05) is 5.32 Å². The number of hydrogen-bond acceptors (Lipinski definition) is 7. The zero-order valence-electron chi connectivity index (χ0n) is 17.6. The molecule has 0 radical (unpaired) electrons. The summed E-state index contributed by atoms with van der Waals surface area (Å²) in [5.41, 5.74) is 5.55. The van der Waals surface area contributed by atoms with Crippen molar-refractivity contribution in [3.05, 3.63) is 36.9 Å². The molecule has 3 amide bonds. The third-order valence-corrected chi connectivity index (χ3v) is 7.49. The zero-order valence-corrected chi connectivity index (χ0v) is 19.2. The number of benzene rings is 1. The number of allylic oxidation sites excluding steroid dienone is 1. The molecular weight excluding hydrogens is 440 g/mol. The lowest BCUT2D eigenvalue weighted by Crippen LogP contribution is -2.39. The Balaban J connectivity index is 2.43. The molecule has 1 aromatic heterocycles. The van der Waals surface area contributed by atoms with Crippen molar-refractivity contribution in [2.24, 2.45) is 5.73 Å². The van der Waals surface area contributed by atoms with Gasteiger partial charge < -0.3 is 5.73 Å². The quantitative estimate of drug-likeness (QED) is 0.402. The number of nitrogens with zero attached hydrogens (tertiary/aromatic N) is 4. The SMILES string of the molecule is C=CCn1c(S[C@@H](C)C(=O)NC(N)=O)nnc1-c1cccc(S(=O)(=O)N(CC)CC)c1. The van der Waals surface area contributed by atoms with Gasteiger partial charge in [0.25, 0.3) is 0 Å². The van der Waals surface area contributed by atoms with Gasteiger partial charge in [0.2, 0.25) is 15.9 Å². The van der Waals surface area contributed by atoms with Gasteiger partial charge in [-0.3, -0.25) is 14.7 Å². The van der Waals surface area contributed by atoms with Crippen molar-refractivity contribution in [3.8, 4) is 11.4 Å². The topological polar surface area (TPSA) is 140 Å². The number of urea groups is 1. The van der Waals surface area contributed by atoms with Crippen LogP contribution < -0.4 is 11.1 Å². The van der Waals surface area contributed by atoms with Gasteiger partial charge >= 0.3 is 6.03 Å². The monoisotopic (exact) mass is 466 g/mol. The summed E-state index contributed by atoms with van der Waals surface area (Å²) in [5, 5.41) is 10.1. The number of nitrogens with one attached hydrogen (secondary N) is 1. The molecular formula is C19H26N6O4S2. The maximum Gasteiger partial charge on any atom is 0.318 e. The number of rotatable bonds is 10. The second kappa shape index (κ2) is 10.6. The second-order valence-corrected chi connectivity index (χ2v) is 9.68. The number of aromatic nitrogens is 3. The third-order valence-electron chi connectivity index (χ3n) is 4.36. The zero-order chi connectivity index (χ0) is 23.2. The van der Waals surface area contributed by atoms with Crippen LogP contribution in [0.5, 0.6) is 0 Å². The highest BCUT2D eigenvalue weighted by atomic mass is 32.2. The molecule has 0 saturated carbocycles. The van der Waals surface area contributed by atoms with E-state index in [-0.39, 0.29) is 4.90 Å². The average molecular weight is 467 g/mol. The van der Waals surface area contributed by atoms with Gasteiger partial charge in [0.05, 0.1) is 10.1 Å². The number of thioether (sulfide) groups is 1. The lowest BCUT2D eigenvalue weighted by molar-refractivity contribution is -0.119. The minimum Gasteiger partial charge on any atom is -0.351 e. The Hall–Kier alpha value is -2.70. The number of primary amides is 1. The maximum atomic E-state index is 12.9. The Labute approximate surface area is 185 Å². The van der Waals surface area contributed by atoms with Crippen LogP contribution in [0.2, 0.25) is 0 Å². The van der Waals surface area contributed by atoms with Gasteiger partial charge in [-0.05, 0) is 19.1 Å². The molecule has 31 heavy (non-hydrogen) atoms. The van der Waals surface area contributed by atoms with Gasteiger partial charge in [0.15, 0.2) is 11.0 Å². The highest BCUT2D eigenvalue weighted by molar-refractivity contribution is 8.00. The van der Waals surface area contributed by atoms with Crippen molar-refractivity contribution >= 4 is 33.7 Å². The van der Waals surface area contributed by atoms with Crippen molar-refractivity contribution in [2.75, 3.05) is 13.1 Å². The highest BCUT2D eigenvalue weighted by Crippen LogP contribution is 2.28. The van der Waals surface area contributed by atoms with E-state index in [9.17, 15) is 18.0 Å². The summed E-state index contributed by atoms with van der Waals surface area (Å²) < 4.78 is 28.9. The summed E-state index contributed by atoms with van der Waals surface area (Å²) in [6, 6.07) is 5.54. The van der Waals surface area contributed by atoms with E-state index in [2.05, 4.69) is 16.8 Å². The minimum atomic E-state index is -3.64. The van der Waals surface area contributed by atoms with Crippen LogP contribution in [0.25, 0.3) is 11.4 Å². The van der Waals surface area contributed by atoms with Gasteiger partial charge in [-0.1, -0.05) is 43.8 Å². The molecule has 10 nitrogen and oxygen atoms in total. The molecule has 2 rings (SSSR count). The molecule has 0 unspecified atom stereocenters. The number of carbonyl (C=O) groups excluding carboxylic acids is 2. The Morgan fingerprint density at radius 2 is 2.00 bits per heavy atom. The molecule has 12 heteroatoms. The van der Waals surface area contributed by atoms with Crippen LogP contribution in [0.1, 0.15) is 20.8 Å². The fraction of sp³-hybridized carbons (Fsp3) is 0.368. The summed E-state index contributed by atoms with van der Waals surface area (Å²) in [6.07, 6.45) is 1.64. The molecule has 0 fully saturated rings. The van der Waals surface area contributed by atoms with Gasteiger partial charge in [-0.2, -0.15) is 4.31 Å². The molecule has 0 saturated heterocycles. The second-order valence-electron chi connectivity index (χ2n) is 6.44. The van der Waals surface area contributed by atoms with Crippen LogP contribution in [-0.2, 0) is 21.4 Å². The molecule has 0 aliphatic heterocycles. The first-order chi connectivity index (χ1) is 14.6. The van der Waals surface area contributed by atoms with E-state index in [0.29, 0.717) is 36.2 Å². The summed E-state index contributed by atoms with van der Waals surface area (Å²) in [7, 11) is -3.64. The van der Waals surface area contributed by atoms with Gasteiger partial charge in [-0.25, -0.2) is 13.2 Å². The fourth-order valence-corrected chi connectivity index (χ4v) is 5.19. The Morgan fingerprint density at radius 1 is 1.32 bits per heavy atom. The fourth-order valence-electron chi connectivity index (χ4n) is 2.83. The molecule has 0 spiro atoms. The molecule has 1 atom stereocenters. The van der Waals surface area contributed by atoms with Crippen LogP contribution >= 0.6 is 11.8 Å². The summed E-state index contributed by atoms with van der Waals surface area (Å²) in [4.78, 5) is 23.1. The molecule has 0 aliphatic rings. The minimum absolute atomic E-state index is 0.158. The molecule has 3 N–H and O–H groups in total. The Bertz CT molecular complexity index is 1060. The van der Waals surface area contributed by atoms with Crippen molar-refractivity contribution in [1.29, 1.82) is 0 Å². The summed E-state index contributed by atoms with van der Waals surface area (Å²) in [5.74, 6) is -0.124. The Morgan fingerprint density at radius 3 is 2.58 bits per heavy atom. The maximum absolute atomic E-state index is 12.9. The van der Waals surface area contributed by atoms with Crippen molar-refractivity contribution in [3.63, 3.8) is 0 Å².